The maximum Gasteiger partial charge on any atom is 0.337 e. The summed E-state index contributed by atoms with van der Waals surface area (Å²) in [5.74, 6) is 0.0714. The first kappa shape index (κ1) is 14.2. The fourth-order valence-electron chi connectivity index (χ4n) is 1.99. The molecule has 0 atom stereocenters. The van der Waals surface area contributed by atoms with E-state index in [9.17, 15) is 9.90 Å². The predicted molar refractivity (Wildman–Crippen MR) is 77.0 cm³/mol. The number of methoxy groups -OCH3 is 2. The van der Waals surface area contributed by atoms with Gasteiger partial charge in [0.2, 0.25) is 0 Å². The second-order valence-corrected chi connectivity index (χ2v) is 4.44. The van der Waals surface area contributed by atoms with Crippen molar-refractivity contribution in [2.24, 2.45) is 0 Å². The molecule has 0 fully saturated rings. The summed E-state index contributed by atoms with van der Waals surface area (Å²) in [7, 11) is 3.07. The van der Waals surface area contributed by atoms with Crippen molar-refractivity contribution in [1.29, 1.82) is 0 Å². The zero-order chi connectivity index (χ0) is 14.7. The van der Waals surface area contributed by atoms with Gasteiger partial charge in [-0.2, -0.15) is 0 Å². The third kappa shape index (κ3) is 2.56. The highest BCUT2D eigenvalue weighted by Crippen LogP contribution is 2.37. The van der Waals surface area contributed by atoms with Crippen LogP contribution in [0.3, 0.4) is 0 Å². The molecule has 0 saturated heterocycles. The minimum absolute atomic E-state index is 0.0534. The van der Waals surface area contributed by atoms with Crippen LogP contribution < -0.4 is 9.47 Å². The number of benzene rings is 2. The van der Waals surface area contributed by atoms with Crippen molar-refractivity contribution in [3.8, 4) is 22.6 Å². The highest BCUT2D eigenvalue weighted by atomic mass is 35.5. The molecule has 0 aliphatic rings. The van der Waals surface area contributed by atoms with Crippen molar-refractivity contribution in [1.82, 2.24) is 0 Å². The summed E-state index contributed by atoms with van der Waals surface area (Å²) in [6.45, 7) is 0. The maximum absolute atomic E-state index is 11.4. The Balaban J connectivity index is 2.68. The third-order valence-electron chi connectivity index (χ3n) is 2.93. The second-order valence-electron chi connectivity index (χ2n) is 4.03. The van der Waals surface area contributed by atoms with Crippen LogP contribution in [0.5, 0.6) is 11.5 Å². The van der Waals surface area contributed by atoms with Gasteiger partial charge in [0.05, 0.1) is 24.8 Å². The van der Waals surface area contributed by atoms with Crippen molar-refractivity contribution >= 4 is 17.6 Å². The summed E-state index contributed by atoms with van der Waals surface area (Å²) < 4.78 is 10.4. The molecule has 5 heteroatoms. The summed E-state index contributed by atoms with van der Waals surface area (Å²) >= 11 is 5.98. The van der Waals surface area contributed by atoms with E-state index >= 15 is 0 Å². The number of carbonyl (C=O) groups is 1. The van der Waals surface area contributed by atoms with Crippen molar-refractivity contribution in [2.75, 3.05) is 14.2 Å². The van der Waals surface area contributed by atoms with Crippen molar-refractivity contribution in [3.05, 3.63) is 47.0 Å². The molecule has 2 rings (SSSR count). The minimum Gasteiger partial charge on any atom is -0.497 e. The standard InChI is InChI=1S/C15H13ClO4/c1-19-9-6-7-10(13(8-9)20-2)11-4-3-5-12(16)14(11)15(17)18/h3-8H,1-2H3,(H,17,18). The van der Waals surface area contributed by atoms with E-state index in [1.165, 1.54) is 7.11 Å². The monoisotopic (exact) mass is 292 g/mol. The van der Waals surface area contributed by atoms with E-state index in [-0.39, 0.29) is 10.6 Å². The summed E-state index contributed by atoms with van der Waals surface area (Å²) in [5, 5.41) is 9.51. The molecule has 20 heavy (non-hydrogen) atoms. The van der Waals surface area contributed by atoms with Crippen LogP contribution in [0.15, 0.2) is 36.4 Å². The lowest BCUT2D eigenvalue weighted by Crippen LogP contribution is -2.01. The number of halogens is 1. The van der Waals surface area contributed by atoms with Crippen LogP contribution in [0.2, 0.25) is 5.02 Å². The average Bonchev–Trinajstić information content (AvgIpc) is 2.45. The highest BCUT2D eigenvalue weighted by molar-refractivity contribution is 6.34. The van der Waals surface area contributed by atoms with Crippen LogP contribution in [-0.4, -0.2) is 25.3 Å². The average molecular weight is 293 g/mol. The summed E-state index contributed by atoms with van der Waals surface area (Å²) in [5.41, 5.74) is 1.20. The summed E-state index contributed by atoms with van der Waals surface area (Å²) in [4.78, 5) is 11.4. The maximum atomic E-state index is 11.4. The normalized spacial score (nSPS) is 10.2. The van der Waals surface area contributed by atoms with Gasteiger partial charge in [-0.05, 0) is 18.2 Å². The fraction of sp³-hybridized carbons (Fsp3) is 0.133. The second kappa shape index (κ2) is 5.84. The quantitative estimate of drug-likeness (QED) is 0.933. The molecule has 0 heterocycles. The first-order valence-electron chi connectivity index (χ1n) is 5.82. The Hall–Kier alpha value is -2.20. The van der Waals surface area contributed by atoms with Crippen molar-refractivity contribution < 1.29 is 19.4 Å². The smallest absolute Gasteiger partial charge is 0.337 e. The molecule has 0 bridgehead atoms. The number of hydrogen-bond donors (Lipinski definition) is 1. The molecule has 0 unspecified atom stereocenters. The molecule has 4 nitrogen and oxygen atoms in total. The van der Waals surface area contributed by atoms with Crippen LogP contribution in [0.4, 0.5) is 0 Å². The van der Waals surface area contributed by atoms with E-state index in [1.807, 2.05) is 0 Å². The van der Waals surface area contributed by atoms with Crippen molar-refractivity contribution in [2.45, 2.75) is 0 Å². The first-order valence-corrected chi connectivity index (χ1v) is 6.20. The molecule has 0 radical (unpaired) electrons. The number of rotatable bonds is 4. The summed E-state index contributed by atoms with van der Waals surface area (Å²) in [6, 6.07) is 10.1. The number of ether oxygens (including phenoxy) is 2. The van der Waals surface area contributed by atoms with E-state index in [0.717, 1.165) is 0 Å². The zero-order valence-corrected chi connectivity index (χ0v) is 11.8. The van der Waals surface area contributed by atoms with Crippen LogP contribution in [-0.2, 0) is 0 Å². The van der Waals surface area contributed by atoms with Gasteiger partial charge in [0.15, 0.2) is 0 Å². The molecular weight excluding hydrogens is 280 g/mol. The molecule has 0 aliphatic carbocycles. The van der Waals surface area contributed by atoms with Crippen LogP contribution in [0.25, 0.3) is 11.1 Å². The van der Waals surface area contributed by atoms with Crippen LogP contribution in [0, 0.1) is 0 Å². The number of carboxylic acid groups (broad SMARTS) is 1. The first-order chi connectivity index (χ1) is 9.58. The SMILES string of the molecule is COc1ccc(-c2cccc(Cl)c2C(=O)O)c(OC)c1. The lowest BCUT2D eigenvalue weighted by Gasteiger charge is -2.13. The molecule has 2 aromatic rings. The molecular formula is C15H13ClO4. The van der Waals surface area contributed by atoms with E-state index in [1.54, 1.807) is 43.5 Å². The Morgan fingerprint density at radius 3 is 2.45 bits per heavy atom. The van der Waals surface area contributed by atoms with Gasteiger partial charge in [-0.3, -0.25) is 0 Å². The van der Waals surface area contributed by atoms with E-state index in [4.69, 9.17) is 21.1 Å². The topological polar surface area (TPSA) is 55.8 Å². The van der Waals surface area contributed by atoms with Crippen molar-refractivity contribution in [3.63, 3.8) is 0 Å². The molecule has 104 valence electrons. The molecule has 0 amide bonds. The van der Waals surface area contributed by atoms with Gasteiger partial charge in [0.1, 0.15) is 11.5 Å². The Morgan fingerprint density at radius 1 is 1.10 bits per heavy atom. The van der Waals surface area contributed by atoms with Gasteiger partial charge >= 0.3 is 5.97 Å². The van der Waals surface area contributed by atoms with Crippen LogP contribution in [0.1, 0.15) is 10.4 Å². The van der Waals surface area contributed by atoms with Gasteiger partial charge in [-0.25, -0.2) is 4.79 Å². The fourth-order valence-corrected chi connectivity index (χ4v) is 2.24. The van der Waals surface area contributed by atoms with E-state index in [0.29, 0.717) is 22.6 Å². The lowest BCUT2D eigenvalue weighted by molar-refractivity contribution is 0.0698. The highest BCUT2D eigenvalue weighted by Gasteiger charge is 2.18. The lowest BCUT2D eigenvalue weighted by atomic mass is 9.98. The third-order valence-corrected chi connectivity index (χ3v) is 3.24. The van der Waals surface area contributed by atoms with Gasteiger partial charge in [-0.15, -0.1) is 0 Å². The predicted octanol–water partition coefficient (Wildman–Crippen LogP) is 3.72. The molecule has 2 aromatic carbocycles. The van der Waals surface area contributed by atoms with Gasteiger partial charge in [0.25, 0.3) is 0 Å². The molecule has 1 N–H and O–H groups in total. The Labute approximate surface area is 121 Å². The van der Waals surface area contributed by atoms with Gasteiger partial charge in [-0.1, -0.05) is 23.7 Å². The number of carboxylic acids is 1. The zero-order valence-electron chi connectivity index (χ0n) is 11.0. The number of hydrogen-bond acceptors (Lipinski definition) is 3. The van der Waals surface area contributed by atoms with Gasteiger partial charge < -0.3 is 14.6 Å². The Morgan fingerprint density at radius 2 is 1.85 bits per heavy atom. The van der Waals surface area contributed by atoms with E-state index < -0.39 is 5.97 Å². The largest absolute Gasteiger partial charge is 0.497 e. The Kier molecular flexibility index (Phi) is 4.15. The minimum atomic E-state index is -1.08. The summed E-state index contributed by atoms with van der Waals surface area (Å²) in [6.07, 6.45) is 0. The molecule has 0 spiro atoms. The van der Waals surface area contributed by atoms with Crippen LogP contribution >= 0.6 is 11.6 Å². The number of aromatic carboxylic acids is 1. The van der Waals surface area contributed by atoms with E-state index in [2.05, 4.69) is 0 Å². The molecule has 0 aromatic heterocycles. The van der Waals surface area contributed by atoms with Gasteiger partial charge in [0, 0.05) is 17.2 Å². The Bertz CT molecular complexity index is 652. The molecule has 0 aliphatic heterocycles. The molecule has 0 saturated carbocycles.